The normalized spacial score (nSPS) is 24.6. The van der Waals surface area contributed by atoms with E-state index in [4.69, 9.17) is 4.74 Å². The molecule has 0 aromatic carbocycles. The van der Waals surface area contributed by atoms with Gasteiger partial charge in [0, 0.05) is 32.2 Å². The molecule has 0 amide bonds. The fourth-order valence-corrected chi connectivity index (χ4v) is 2.06. The Kier molecular flexibility index (Phi) is 5.88. The van der Waals surface area contributed by atoms with Crippen molar-refractivity contribution >= 4 is 5.97 Å². The fourth-order valence-electron chi connectivity index (χ4n) is 2.06. The first-order valence-corrected chi connectivity index (χ1v) is 6.29. The lowest BCUT2D eigenvalue weighted by molar-refractivity contribution is -0.145. The Morgan fingerprint density at radius 1 is 1.53 bits per heavy atom. The highest BCUT2D eigenvalue weighted by atomic mass is 16.5. The van der Waals surface area contributed by atoms with Crippen LogP contribution in [-0.4, -0.2) is 72.9 Å². The van der Waals surface area contributed by atoms with Crippen LogP contribution >= 0.6 is 0 Å². The van der Waals surface area contributed by atoms with Crippen LogP contribution in [-0.2, 0) is 9.53 Å². The second-order valence-electron chi connectivity index (χ2n) is 4.75. The molecule has 0 aromatic heterocycles. The maximum absolute atomic E-state index is 11.2. The molecule has 0 aromatic rings. The molecule has 1 rings (SSSR count). The smallest absolute Gasteiger partial charge is 0.308 e. The Bertz CT molecular complexity index is 248. The summed E-state index contributed by atoms with van der Waals surface area (Å²) in [6, 6.07) is 0.499. The number of β-amino-alcohol motifs (C(OH)–C–C–N with tert-alkyl or cyclic N) is 1. The van der Waals surface area contributed by atoms with Gasteiger partial charge in [-0.25, -0.2) is 0 Å². The van der Waals surface area contributed by atoms with Gasteiger partial charge in [0.25, 0.3) is 0 Å². The van der Waals surface area contributed by atoms with Crippen LogP contribution in [0.3, 0.4) is 0 Å². The van der Waals surface area contributed by atoms with E-state index in [1.807, 2.05) is 0 Å². The Hall–Kier alpha value is -0.650. The zero-order valence-electron chi connectivity index (χ0n) is 11.1. The molecule has 2 atom stereocenters. The molecule has 2 unspecified atom stereocenters. The number of rotatable bonds is 5. The van der Waals surface area contributed by atoms with Gasteiger partial charge in [-0.15, -0.1) is 0 Å². The van der Waals surface area contributed by atoms with E-state index >= 15 is 0 Å². The van der Waals surface area contributed by atoms with Crippen LogP contribution in [0.2, 0.25) is 0 Å². The largest absolute Gasteiger partial charge is 0.466 e. The van der Waals surface area contributed by atoms with Crippen LogP contribution in [0.15, 0.2) is 0 Å². The summed E-state index contributed by atoms with van der Waals surface area (Å²) in [4.78, 5) is 15.7. The number of hydrogen-bond donors (Lipinski definition) is 1. The topological polar surface area (TPSA) is 53.0 Å². The minimum atomic E-state index is -0.621. The summed E-state index contributed by atoms with van der Waals surface area (Å²) in [6.45, 7) is 7.76. The number of carbonyl (C=O) groups excluding carboxylic acids is 1. The van der Waals surface area contributed by atoms with Gasteiger partial charge in [-0.1, -0.05) is 0 Å². The zero-order chi connectivity index (χ0) is 12.8. The number of aliphatic hydroxyl groups excluding tert-OH is 1. The molecule has 1 aliphatic rings. The van der Waals surface area contributed by atoms with Gasteiger partial charge in [-0.2, -0.15) is 0 Å². The molecule has 0 radical (unpaired) electrons. The summed E-state index contributed by atoms with van der Waals surface area (Å²) in [6.07, 6.45) is -0.529. The van der Waals surface area contributed by atoms with E-state index in [0.717, 1.165) is 19.6 Å². The highest BCUT2D eigenvalue weighted by Gasteiger charge is 2.23. The summed E-state index contributed by atoms with van der Waals surface area (Å²) < 4.78 is 4.81. The lowest BCUT2D eigenvalue weighted by atomic mass is 10.1. The third-order valence-electron chi connectivity index (χ3n) is 3.22. The van der Waals surface area contributed by atoms with Crippen molar-refractivity contribution in [2.75, 3.05) is 39.8 Å². The third-order valence-corrected chi connectivity index (χ3v) is 3.22. The maximum Gasteiger partial charge on any atom is 0.308 e. The summed E-state index contributed by atoms with van der Waals surface area (Å²) in [7, 11) is 2.11. The fraction of sp³-hybridized carbons (Fsp3) is 0.917. The Morgan fingerprint density at radius 3 is 2.82 bits per heavy atom. The first-order chi connectivity index (χ1) is 8.02. The minimum Gasteiger partial charge on any atom is -0.466 e. The monoisotopic (exact) mass is 244 g/mol. The van der Waals surface area contributed by atoms with Crippen molar-refractivity contribution in [3.8, 4) is 0 Å². The first-order valence-electron chi connectivity index (χ1n) is 6.29. The van der Waals surface area contributed by atoms with Crippen molar-refractivity contribution < 1.29 is 14.6 Å². The Balaban J connectivity index is 2.26. The van der Waals surface area contributed by atoms with Crippen LogP contribution in [0.1, 0.15) is 20.3 Å². The average Bonchev–Trinajstić information content (AvgIpc) is 2.23. The molecule has 5 nitrogen and oxygen atoms in total. The maximum atomic E-state index is 11.2. The van der Waals surface area contributed by atoms with E-state index in [0.29, 0.717) is 19.2 Å². The van der Waals surface area contributed by atoms with Crippen molar-refractivity contribution in [2.45, 2.75) is 32.4 Å². The molecule has 0 aliphatic carbocycles. The van der Waals surface area contributed by atoms with E-state index in [2.05, 4.69) is 23.8 Å². The average molecular weight is 244 g/mol. The molecule has 100 valence electrons. The minimum absolute atomic E-state index is 0.0918. The van der Waals surface area contributed by atoms with Gasteiger partial charge >= 0.3 is 5.97 Å². The molecule has 1 heterocycles. The van der Waals surface area contributed by atoms with Crippen molar-refractivity contribution in [3.63, 3.8) is 0 Å². The molecular weight excluding hydrogens is 220 g/mol. The van der Waals surface area contributed by atoms with E-state index in [1.54, 1.807) is 6.92 Å². The molecule has 1 N–H and O–H groups in total. The number of ether oxygens (including phenoxy) is 1. The molecule has 0 saturated carbocycles. The van der Waals surface area contributed by atoms with Crippen molar-refractivity contribution in [3.05, 3.63) is 0 Å². The van der Waals surface area contributed by atoms with Gasteiger partial charge in [0.2, 0.25) is 0 Å². The second-order valence-corrected chi connectivity index (χ2v) is 4.75. The van der Waals surface area contributed by atoms with E-state index in [1.165, 1.54) is 0 Å². The van der Waals surface area contributed by atoms with Gasteiger partial charge in [-0.3, -0.25) is 9.69 Å². The molecular formula is C12H24N2O3. The molecule has 1 aliphatic heterocycles. The lowest BCUT2D eigenvalue weighted by Gasteiger charge is -2.38. The number of likely N-dealkylation sites (N-methyl/N-ethyl adjacent to an activating group) is 1. The molecule has 5 heteroatoms. The Labute approximate surface area is 103 Å². The van der Waals surface area contributed by atoms with Crippen molar-refractivity contribution in [1.29, 1.82) is 0 Å². The lowest BCUT2D eigenvalue weighted by Crippen LogP contribution is -2.51. The highest BCUT2D eigenvalue weighted by Crippen LogP contribution is 2.08. The number of piperazine rings is 1. The number of esters is 1. The SMILES string of the molecule is CCOC(=O)CC(O)CN1CCN(C)C(C)C1. The first kappa shape index (κ1) is 14.4. The number of hydrogen-bond acceptors (Lipinski definition) is 5. The summed E-state index contributed by atoms with van der Waals surface area (Å²) in [5, 5.41) is 9.79. The van der Waals surface area contributed by atoms with Crippen LogP contribution in [0, 0.1) is 0 Å². The predicted molar refractivity (Wildman–Crippen MR) is 65.8 cm³/mol. The number of aliphatic hydroxyl groups is 1. The van der Waals surface area contributed by atoms with Crippen molar-refractivity contribution in [2.24, 2.45) is 0 Å². The quantitative estimate of drug-likeness (QED) is 0.687. The van der Waals surface area contributed by atoms with Gasteiger partial charge in [0.1, 0.15) is 0 Å². The van der Waals surface area contributed by atoms with Crippen LogP contribution in [0.5, 0.6) is 0 Å². The summed E-state index contributed by atoms with van der Waals surface area (Å²) in [5.41, 5.74) is 0. The zero-order valence-corrected chi connectivity index (χ0v) is 11.1. The highest BCUT2D eigenvalue weighted by molar-refractivity contribution is 5.69. The van der Waals surface area contributed by atoms with Gasteiger partial charge in [-0.05, 0) is 20.9 Å². The van der Waals surface area contributed by atoms with Crippen molar-refractivity contribution in [1.82, 2.24) is 9.80 Å². The molecule has 17 heavy (non-hydrogen) atoms. The second kappa shape index (κ2) is 6.93. The van der Waals surface area contributed by atoms with Crippen LogP contribution in [0.4, 0.5) is 0 Å². The molecule has 1 fully saturated rings. The molecule has 0 bridgehead atoms. The number of nitrogens with zero attached hydrogens (tertiary/aromatic N) is 2. The molecule has 0 spiro atoms. The van der Waals surface area contributed by atoms with Gasteiger partial charge in [0.15, 0.2) is 0 Å². The summed E-state index contributed by atoms with van der Waals surface area (Å²) in [5.74, 6) is -0.317. The van der Waals surface area contributed by atoms with Gasteiger partial charge < -0.3 is 14.7 Å². The van der Waals surface area contributed by atoms with E-state index < -0.39 is 6.10 Å². The van der Waals surface area contributed by atoms with Crippen LogP contribution in [0.25, 0.3) is 0 Å². The standard InChI is InChI=1S/C12H24N2O3/c1-4-17-12(16)7-11(15)9-14-6-5-13(3)10(2)8-14/h10-11,15H,4-9H2,1-3H3. The predicted octanol–water partition coefficient (Wildman–Crippen LogP) is -0.0636. The Morgan fingerprint density at radius 2 is 2.24 bits per heavy atom. The van der Waals surface area contributed by atoms with E-state index in [9.17, 15) is 9.90 Å². The number of carbonyl (C=O) groups is 1. The summed E-state index contributed by atoms with van der Waals surface area (Å²) >= 11 is 0. The third kappa shape index (κ3) is 5.02. The van der Waals surface area contributed by atoms with Crippen LogP contribution < -0.4 is 0 Å². The molecule has 1 saturated heterocycles. The van der Waals surface area contributed by atoms with Gasteiger partial charge in [0.05, 0.1) is 19.1 Å². The van der Waals surface area contributed by atoms with E-state index in [-0.39, 0.29) is 12.4 Å².